The molecule has 126 valence electrons. The van der Waals surface area contributed by atoms with Crippen LogP contribution in [0.25, 0.3) is 0 Å². The molecule has 1 aromatic carbocycles. The summed E-state index contributed by atoms with van der Waals surface area (Å²) in [5, 5.41) is 0. The van der Waals surface area contributed by atoms with Gasteiger partial charge in [-0.1, -0.05) is 36.4 Å². The lowest BCUT2D eigenvalue weighted by Gasteiger charge is -2.31. The van der Waals surface area contributed by atoms with Crippen LogP contribution in [-0.2, 0) is 16.1 Å². The minimum Gasteiger partial charge on any atom is -0.364 e. The topological polar surface area (TPSA) is 42.4 Å². The highest BCUT2D eigenvalue weighted by Crippen LogP contribution is 2.34. The van der Waals surface area contributed by atoms with Crippen LogP contribution < -0.4 is 0 Å². The van der Waals surface area contributed by atoms with Gasteiger partial charge in [-0.15, -0.1) is 0 Å². The molecule has 4 nitrogen and oxygen atoms in total. The Kier molecular flexibility index (Phi) is 5.26. The zero-order valence-corrected chi connectivity index (χ0v) is 14.3. The van der Waals surface area contributed by atoms with E-state index in [0.717, 1.165) is 24.1 Å². The monoisotopic (exact) mass is 324 g/mol. The van der Waals surface area contributed by atoms with Crippen LogP contribution in [0.1, 0.15) is 44.0 Å². The fraction of sp³-hybridized carbons (Fsp3) is 0.400. The molecule has 1 fully saturated rings. The summed E-state index contributed by atoms with van der Waals surface area (Å²) in [6.45, 7) is 4.33. The van der Waals surface area contributed by atoms with E-state index in [0.29, 0.717) is 12.6 Å². The summed E-state index contributed by atoms with van der Waals surface area (Å²) in [5.74, 6) is 0.0478. The summed E-state index contributed by atoms with van der Waals surface area (Å²) in [6.07, 6.45) is 3.44. The van der Waals surface area contributed by atoms with Gasteiger partial charge in [0.15, 0.2) is 0 Å². The summed E-state index contributed by atoms with van der Waals surface area (Å²) < 4.78 is 5.82. The first-order valence-electron chi connectivity index (χ1n) is 8.55. The largest absolute Gasteiger partial charge is 0.364 e. The first-order valence-corrected chi connectivity index (χ1v) is 8.55. The van der Waals surface area contributed by atoms with Crippen molar-refractivity contribution < 1.29 is 9.53 Å². The molecule has 0 N–H and O–H groups in total. The maximum absolute atomic E-state index is 12.9. The van der Waals surface area contributed by atoms with E-state index >= 15 is 0 Å². The second-order valence-corrected chi connectivity index (χ2v) is 6.35. The van der Waals surface area contributed by atoms with Crippen LogP contribution in [0.3, 0.4) is 0 Å². The molecule has 1 amide bonds. The van der Waals surface area contributed by atoms with E-state index in [2.05, 4.69) is 4.98 Å². The van der Waals surface area contributed by atoms with Crippen molar-refractivity contribution in [3.63, 3.8) is 0 Å². The van der Waals surface area contributed by atoms with Gasteiger partial charge >= 0.3 is 0 Å². The van der Waals surface area contributed by atoms with Crippen LogP contribution >= 0.6 is 0 Å². The van der Waals surface area contributed by atoms with E-state index in [9.17, 15) is 4.79 Å². The van der Waals surface area contributed by atoms with Crippen molar-refractivity contribution in [3.05, 3.63) is 66.0 Å². The van der Waals surface area contributed by atoms with Crippen molar-refractivity contribution in [3.8, 4) is 0 Å². The maximum atomic E-state index is 12.9. The number of benzene rings is 1. The number of pyridine rings is 1. The van der Waals surface area contributed by atoms with E-state index in [4.69, 9.17) is 4.74 Å². The molecule has 1 aromatic heterocycles. The number of aromatic nitrogens is 1. The molecule has 4 heteroatoms. The third-order valence-electron chi connectivity index (χ3n) is 4.42. The summed E-state index contributed by atoms with van der Waals surface area (Å²) in [6, 6.07) is 16.1. The Hall–Kier alpha value is -2.20. The molecule has 0 saturated heterocycles. The van der Waals surface area contributed by atoms with E-state index in [1.165, 1.54) is 0 Å². The molecule has 0 unspecified atom stereocenters. The molecule has 24 heavy (non-hydrogen) atoms. The Morgan fingerprint density at radius 2 is 1.88 bits per heavy atom. The molecule has 3 rings (SSSR count). The zero-order valence-electron chi connectivity index (χ0n) is 14.3. The van der Waals surface area contributed by atoms with Crippen molar-refractivity contribution in [1.29, 1.82) is 0 Å². The molecule has 0 aliphatic heterocycles. The first-order chi connectivity index (χ1) is 11.7. The van der Waals surface area contributed by atoms with E-state index in [1.54, 1.807) is 6.20 Å². The summed E-state index contributed by atoms with van der Waals surface area (Å²) >= 11 is 0. The van der Waals surface area contributed by atoms with Crippen molar-refractivity contribution in [2.45, 2.75) is 51.5 Å². The summed E-state index contributed by atoms with van der Waals surface area (Å²) in [5.41, 5.74) is 2.00. The second-order valence-electron chi connectivity index (χ2n) is 6.35. The number of rotatable bonds is 7. The number of ether oxygens (including phenoxy) is 1. The molecule has 1 aliphatic rings. The summed E-state index contributed by atoms with van der Waals surface area (Å²) in [4.78, 5) is 19.3. The molecule has 2 atom stereocenters. The van der Waals surface area contributed by atoms with Gasteiger partial charge in [0, 0.05) is 12.2 Å². The lowest BCUT2D eigenvalue weighted by atomic mass is 10.1. The van der Waals surface area contributed by atoms with Crippen LogP contribution in [0.5, 0.6) is 0 Å². The number of hydrogen-bond donors (Lipinski definition) is 0. The standard InChI is InChI=1S/C20H24N2O2/c1-15(19-10-6-7-13-21-19)22(18-11-12-18)20(23)16(2)24-14-17-8-4-3-5-9-17/h3-10,13,15-16,18H,11-12,14H2,1-2H3/t15-,16-/m1/s1. The highest BCUT2D eigenvalue weighted by molar-refractivity contribution is 5.81. The SMILES string of the molecule is C[C@H](c1ccccn1)N(C(=O)[C@@H](C)OCc1ccccc1)C1CC1. The minimum absolute atomic E-state index is 0.0334. The van der Waals surface area contributed by atoms with Gasteiger partial charge in [-0.3, -0.25) is 9.78 Å². The predicted molar refractivity (Wildman–Crippen MR) is 93.2 cm³/mol. The molecule has 0 bridgehead atoms. The average Bonchev–Trinajstić information content (AvgIpc) is 3.46. The van der Waals surface area contributed by atoms with Crippen molar-refractivity contribution in [1.82, 2.24) is 9.88 Å². The van der Waals surface area contributed by atoms with Crippen LogP contribution in [0.4, 0.5) is 0 Å². The van der Waals surface area contributed by atoms with Crippen molar-refractivity contribution in [2.24, 2.45) is 0 Å². The minimum atomic E-state index is -0.461. The van der Waals surface area contributed by atoms with Crippen LogP contribution in [0, 0.1) is 0 Å². The van der Waals surface area contributed by atoms with Gasteiger partial charge in [0.05, 0.1) is 18.3 Å². The maximum Gasteiger partial charge on any atom is 0.252 e. The third-order valence-corrected chi connectivity index (χ3v) is 4.42. The molecule has 1 heterocycles. The molecular formula is C20H24N2O2. The summed E-state index contributed by atoms with van der Waals surface area (Å²) in [7, 11) is 0. The number of carbonyl (C=O) groups excluding carboxylic acids is 1. The Balaban J connectivity index is 1.66. The van der Waals surface area contributed by atoms with Gasteiger partial charge in [0.2, 0.25) is 0 Å². The second kappa shape index (κ2) is 7.58. The highest BCUT2D eigenvalue weighted by atomic mass is 16.5. The van der Waals surface area contributed by atoms with Gasteiger partial charge in [-0.05, 0) is 44.4 Å². The van der Waals surface area contributed by atoms with Gasteiger partial charge < -0.3 is 9.64 Å². The predicted octanol–water partition coefficient (Wildman–Crippen LogP) is 3.74. The van der Waals surface area contributed by atoms with Crippen molar-refractivity contribution >= 4 is 5.91 Å². The van der Waals surface area contributed by atoms with Gasteiger partial charge in [0.25, 0.3) is 5.91 Å². The van der Waals surface area contributed by atoms with Gasteiger partial charge in [-0.25, -0.2) is 0 Å². The van der Waals surface area contributed by atoms with Gasteiger partial charge in [-0.2, -0.15) is 0 Å². The fourth-order valence-electron chi connectivity index (χ4n) is 2.88. The molecule has 0 spiro atoms. The quantitative estimate of drug-likeness (QED) is 0.779. The number of nitrogens with zero attached hydrogens (tertiary/aromatic N) is 2. The number of carbonyl (C=O) groups is 1. The smallest absolute Gasteiger partial charge is 0.252 e. The first kappa shape index (κ1) is 16.7. The van der Waals surface area contributed by atoms with Gasteiger partial charge in [0.1, 0.15) is 6.10 Å². The molecule has 1 saturated carbocycles. The van der Waals surface area contributed by atoms with Crippen LogP contribution in [0.2, 0.25) is 0 Å². The Bertz CT molecular complexity index is 656. The van der Waals surface area contributed by atoms with Crippen LogP contribution in [-0.4, -0.2) is 27.9 Å². The zero-order chi connectivity index (χ0) is 16.9. The Labute approximate surface area is 143 Å². The normalized spacial score (nSPS) is 16.4. The molecule has 2 aromatic rings. The van der Waals surface area contributed by atoms with Crippen LogP contribution in [0.15, 0.2) is 54.7 Å². The number of hydrogen-bond acceptors (Lipinski definition) is 3. The van der Waals surface area contributed by atoms with E-state index < -0.39 is 6.10 Å². The highest BCUT2D eigenvalue weighted by Gasteiger charge is 2.38. The molecule has 1 aliphatic carbocycles. The molecule has 0 radical (unpaired) electrons. The Morgan fingerprint density at radius 1 is 1.17 bits per heavy atom. The van der Waals surface area contributed by atoms with Crippen molar-refractivity contribution in [2.75, 3.05) is 0 Å². The third kappa shape index (κ3) is 4.01. The number of amides is 1. The molecular weight excluding hydrogens is 300 g/mol. The lowest BCUT2D eigenvalue weighted by Crippen LogP contribution is -2.42. The lowest BCUT2D eigenvalue weighted by molar-refractivity contribution is -0.146. The van der Waals surface area contributed by atoms with E-state index in [-0.39, 0.29) is 11.9 Å². The average molecular weight is 324 g/mol. The Morgan fingerprint density at radius 3 is 2.50 bits per heavy atom. The van der Waals surface area contributed by atoms with E-state index in [1.807, 2.05) is 67.3 Å². The fourth-order valence-corrected chi connectivity index (χ4v) is 2.88.